The third-order valence-corrected chi connectivity index (χ3v) is 17.0. The van der Waals surface area contributed by atoms with Gasteiger partial charge in [0.25, 0.3) is 0 Å². The first-order valence-corrected chi connectivity index (χ1v) is 20.1. The van der Waals surface area contributed by atoms with Gasteiger partial charge in [0.1, 0.15) is 17.6 Å². The van der Waals surface area contributed by atoms with Crippen LogP contribution in [0.5, 0.6) is 5.75 Å². The molecule has 0 spiro atoms. The quantitative estimate of drug-likeness (QED) is 0.282. The molecule has 5 nitrogen and oxygen atoms in total. The van der Waals surface area contributed by atoms with Gasteiger partial charge in [0, 0.05) is 23.2 Å². The zero-order valence-electron chi connectivity index (χ0n) is 31.2. The smallest absolute Gasteiger partial charge is 0.159 e. The predicted octanol–water partition coefficient (Wildman–Crippen LogP) is 9.49. The van der Waals surface area contributed by atoms with Crippen molar-refractivity contribution in [3.05, 3.63) is 41.0 Å². The van der Waals surface area contributed by atoms with Crippen molar-refractivity contribution in [2.24, 2.45) is 51.2 Å². The molecule has 10 unspecified atom stereocenters. The molecule has 8 rings (SSSR count). The SMILES string of the molecule is CC(CC(O)C1OC1(C)C1CCCC1)C1=C2CCC3C4(C5CCCC5)CC(c5cccc(O)c5)C(=O)C(C)(C)C4CCC3(C)C2(C)CC1=O. The zero-order valence-corrected chi connectivity index (χ0v) is 31.2. The van der Waals surface area contributed by atoms with Crippen molar-refractivity contribution >= 4 is 11.6 Å². The molecule has 7 aliphatic rings. The minimum atomic E-state index is -0.544. The second kappa shape index (κ2) is 11.5. The van der Waals surface area contributed by atoms with Gasteiger partial charge < -0.3 is 14.9 Å². The fourth-order valence-corrected chi connectivity index (χ4v) is 14.5. The first-order valence-electron chi connectivity index (χ1n) is 20.1. The summed E-state index contributed by atoms with van der Waals surface area (Å²) in [7, 11) is 0. The highest BCUT2D eigenvalue weighted by Gasteiger charge is 2.72. The van der Waals surface area contributed by atoms with Gasteiger partial charge in [-0.05, 0) is 135 Å². The van der Waals surface area contributed by atoms with Crippen molar-refractivity contribution in [3.63, 3.8) is 0 Å². The standard InChI is InChI=1S/C44H62O5/c1-26(22-33(46)39-43(6,49-39)28-13-7-8-14-28)37-32-18-19-36-41(4,42(32,5)25-34(37)47)21-20-35-40(2,3)38(48)31(27-12-11-17-30(45)23-27)24-44(35,36)29-15-9-10-16-29/h11-12,17,23,26,28-29,31,33,35-36,39,45-46H,7-10,13-16,18-22,24-25H2,1-6H3. The molecule has 5 heteroatoms. The van der Waals surface area contributed by atoms with Crippen molar-refractivity contribution in [3.8, 4) is 5.75 Å². The van der Waals surface area contributed by atoms with Crippen LogP contribution in [0.4, 0.5) is 0 Å². The lowest BCUT2D eigenvalue weighted by atomic mass is 9.33. The highest BCUT2D eigenvalue weighted by Crippen LogP contribution is 2.77. The predicted molar refractivity (Wildman–Crippen MR) is 192 cm³/mol. The molecule has 0 aromatic heterocycles. The van der Waals surface area contributed by atoms with E-state index in [1.807, 2.05) is 12.1 Å². The van der Waals surface area contributed by atoms with Crippen molar-refractivity contribution in [2.75, 3.05) is 0 Å². The molecule has 1 aromatic rings. The van der Waals surface area contributed by atoms with Crippen LogP contribution < -0.4 is 0 Å². The molecule has 0 amide bonds. The Morgan fingerprint density at radius 2 is 1.57 bits per heavy atom. The maximum Gasteiger partial charge on any atom is 0.159 e. The minimum Gasteiger partial charge on any atom is -0.508 e. The van der Waals surface area contributed by atoms with Crippen LogP contribution in [0.15, 0.2) is 35.4 Å². The Labute approximate surface area is 295 Å². The fraction of sp³-hybridized carbons (Fsp3) is 0.773. The van der Waals surface area contributed by atoms with Crippen molar-refractivity contribution in [1.29, 1.82) is 0 Å². The number of carbonyl (C=O) groups is 2. The molecular weight excluding hydrogens is 608 g/mol. The Hall–Kier alpha value is -1.98. The first-order chi connectivity index (χ1) is 23.2. The number of hydrogen-bond donors (Lipinski definition) is 2. The number of epoxide rings is 1. The number of carbonyl (C=O) groups excluding carboxylic acids is 2. The number of ketones is 2. The number of Topliss-reactive ketones (excluding diaryl/α,β-unsaturated/α-hetero) is 2. The van der Waals surface area contributed by atoms with E-state index in [0.717, 1.165) is 43.2 Å². The van der Waals surface area contributed by atoms with Gasteiger partial charge in [-0.15, -0.1) is 0 Å². The van der Waals surface area contributed by atoms with Gasteiger partial charge >= 0.3 is 0 Å². The average Bonchev–Trinajstić information content (AvgIpc) is 3.53. The molecule has 2 N–H and O–H groups in total. The Morgan fingerprint density at radius 1 is 0.898 bits per heavy atom. The fourth-order valence-electron chi connectivity index (χ4n) is 14.5. The van der Waals surface area contributed by atoms with E-state index in [9.17, 15) is 19.8 Å². The van der Waals surface area contributed by atoms with E-state index in [4.69, 9.17) is 4.74 Å². The summed E-state index contributed by atoms with van der Waals surface area (Å²) in [6, 6.07) is 7.52. The molecule has 1 aromatic carbocycles. The van der Waals surface area contributed by atoms with Crippen LogP contribution in [0.1, 0.15) is 149 Å². The summed E-state index contributed by atoms with van der Waals surface area (Å²) >= 11 is 0. The molecule has 0 bridgehead atoms. The van der Waals surface area contributed by atoms with Gasteiger partial charge in [-0.3, -0.25) is 9.59 Å². The molecule has 49 heavy (non-hydrogen) atoms. The second-order valence-corrected chi connectivity index (χ2v) is 19.4. The molecule has 6 fully saturated rings. The van der Waals surface area contributed by atoms with E-state index in [0.29, 0.717) is 48.1 Å². The van der Waals surface area contributed by atoms with Crippen LogP contribution in [0.3, 0.4) is 0 Å². The summed E-state index contributed by atoms with van der Waals surface area (Å²) in [6.07, 6.45) is 15.4. The number of phenolic OH excluding ortho intramolecular Hbond substituents is 1. The first kappa shape index (κ1) is 34.1. The van der Waals surface area contributed by atoms with Gasteiger partial charge in [-0.1, -0.05) is 78.0 Å². The maximum absolute atomic E-state index is 14.5. The molecule has 268 valence electrons. The summed E-state index contributed by atoms with van der Waals surface area (Å²) in [5.74, 6) is 2.58. The number of benzene rings is 1. The number of aliphatic hydroxyl groups excluding tert-OH is 1. The number of fused-ring (bicyclic) bond motifs is 5. The maximum atomic E-state index is 14.5. The highest BCUT2D eigenvalue weighted by molar-refractivity contribution is 6.00. The van der Waals surface area contributed by atoms with Crippen molar-refractivity contribution < 1.29 is 24.5 Å². The van der Waals surface area contributed by atoms with Gasteiger partial charge in [-0.25, -0.2) is 0 Å². The van der Waals surface area contributed by atoms with Gasteiger partial charge in [-0.2, -0.15) is 0 Å². The molecule has 1 heterocycles. The summed E-state index contributed by atoms with van der Waals surface area (Å²) in [6.45, 7) is 13.8. The molecule has 1 aliphatic heterocycles. The van der Waals surface area contributed by atoms with Crippen LogP contribution in [0.25, 0.3) is 0 Å². The lowest BCUT2D eigenvalue weighted by Crippen LogP contribution is -2.66. The van der Waals surface area contributed by atoms with Crippen LogP contribution in [0, 0.1) is 51.2 Å². The molecule has 0 radical (unpaired) electrons. The average molecular weight is 671 g/mol. The number of ether oxygens (including phenoxy) is 1. The van der Waals surface area contributed by atoms with E-state index >= 15 is 0 Å². The third-order valence-electron chi connectivity index (χ3n) is 17.0. The number of aliphatic hydroxyl groups is 1. The van der Waals surface area contributed by atoms with E-state index in [2.05, 4.69) is 47.6 Å². The van der Waals surface area contributed by atoms with Gasteiger partial charge in [0.2, 0.25) is 0 Å². The number of aromatic hydroxyl groups is 1. The van der Waals surface area contributed by atoms with Crippen LogP contribution in [-0.4, -0.2) is 39.6 Å². The Morgan fingerprint density at radius 3 is 2.24 bits per heavy atom. The van der Waals surface area contributed by atoms with Crippen LogP contribution in [-0.2, 0) is 14.3 Å². The second-order valence-electron chi connectivity index (χ2n) is 19.4. The number of hydrogen-bond acceptors (Lipinski definition) is 5. The summed E-state index contributed by atoms with van der Waals surface area (Å²) in [5, 5.41) is 22.0. The Kier molecular flexibility index (Phi) is 8.02. The van der Waals surface area contributed by atoms with E-state index in [1.54, 1.807) is 6.07 Å². The number of rotatable bonds is 7. The third kappa shape index (κ3) is 4.75. The van der Waals surface area contributed by atoms with Crippen molar-refractivity contribution in [1.82, 2.24) is 0 Å². The van der Waals surface area contributed by atoms with Crippen molar-refractivity contribution in [2.45, 2.75) is 162 Å². The van der Waals surface area contributed by atoms with Gasteiger partial charge in [0.15, 0.2) is 5.78 Å². The zero-order chi connectivity index (χ0) is 34.7. The summed E-state index contributed by atoms with van der Waals surface area (Å²) in [5.41, 5.74) is 2.50. The molecular formula is C44H62O5. The molecule has 10 atom stereocenters. The molecule has 5 saturated carbocycles. The van der Waals surface area contributed by atoms with Crippen LogP contribution in [0.2, 0.25) is 0 Å². The summed E-state index contributed by atoms with van der Waals surface area (Å²) < 4.78 is 6.25. The molecule has 1 saturated heterocycles. The van der Waals surface area contributed by atoms with E-state index < -0.39 is 11.5 Å². The minimum absolute atomic E-state index is 0.0120. The number of phenols is 1. The Bertz CT molecular complexity index is 1550. The molecule has 6 aliphatic carbocycles. The largest absolute Gasteiger partial charge is 0.508 e. The normalized spacial score (nSPS) is 43.3. The highest BCUT2D eigenvalue weighted by atomic mass is 16.6. The van der Waals surface area contributed by atoms with Gasteiger partial charge in [0.05, 0.1) is 11.7 Å². The topological polar surface area (TPSA) is 87.1 Å². The van der Waals surface area contributed by atoms with E-state index in [1.165, 1.54) is 56.9 Å². The van der Waals surface area contributed by atoms with E-state index in [-0.39, 0.29) is 45.5 Å². The monoisotopic (exact) mass is 670 g/mol. The lowest BCUT2D eigenvalue weighted by Gasteiger charge is -2.71. The van der Waals surface area contributed by atoms with Crippen LogP contribution >= 0.6 is 0 Å². The lowest BCUT2D eigenvalue weighted by molar-refractivity contribution is -0.207. The summed E-state index contributed by atoms with van der Waals surface area (Å²) in [4.78, 5) is 28.8. The number of allylic oxidation sites excluding steroid dienone is 2. The Balaban J connectivity index is 1.14.